The van der Waals surface area contributed by atoms with Gasteiger partial charge >= 0.3 is 0 Å². The van der Waals surface area contributed by atoms with Gasteiger partial charge in [0.2, 0.25) is 0 Å². The summed E-state index contributed by atoms with van der Waals surface area (Å²) < 4.78 is 19.1. The Balaban J connectivity index is 2.08. The van der Waals surface area contributed by atoms with Crippen LogP contribution in [0.25, 0.3) is 5.76 Å². The van der Waals surface area contributed by atoms with E-state index in [0.717, 1.165) is 12.6 Å². The maximum absolute atomic E-state index is 14.2. The number of pyridine rings is 1. The fourth-order valence-electron chi connectivity index (χ4n) is 3.48. The predicted molar refractivity (Wildman–Crippen MR) is 109 cm³/mol. The summed E-state index contributed by atoms with van der Waals surface area (Å²) in [4.78, 5) is 33.3. The molecular weight excluding hydrogens is 389 g/mol. The van der Waals surface area contributed by atoms with E-state index in [2.05, 4.69) is 4.98 Å². The van der Waals surface area contributed by atoms with Gasteiger partial charge in [-0.3, -0.25) is 14.6 Å². The predicted octanol–water partition coefficient (Wildman–Crippen LogP) is 2.60. The minimum atomic E-state index is -0.849. The number of ketones is 1. The summed E-state index contributed by atoms with van der Waals surface area (Å²) in [6.45, 7) is 1.04. The summed E-state index contributed by atoms with van der Waals surface area (Å²) in [5.74, 6) is -2.64. The minimum Gasteiger partial charge on any atom is -0.507 e. The van der Waals surface area contributed by atoms with Crippen LogP contribution >= 0.6 is 0 Å². The molecule has 0 radical (unpaired) electrons. The van der Waals surface area contributed by atoms with Crippen LogP contribution < -0.4 is 4.74 Å². The number of hydrogen-bond acceptors (Lipinski definition) is 6. The lowest BCUT2D eigenvalue weighted by Crippen LogP contribution is -2.32. The Morgan fingerprint density at radius 2 is 2.03 bits per heavy atom. The van der Waals surface area contributed by atoms with Crippen molar-refractivity contribution in [3.05, 3.63) is 65.2 Å². The van der Waals surface area contributed by atoms with E-state index in [1.54, 1.807) is 24.4 Å². The minimum absolute atomic E-state index is 0.0111. The van der Waals surface area contributed by atoms with Crippen LogP contribution in [0.4, 0.5) is 4.39 Å². The number of Topliss-reactive ketones (excluding diaryl/α,β-unsaturated/α-hetero) is 1. The molecule has 1 fully saturated rings. The number of methoxy groups -OCH3 is 1. The van der Waals surface area contributed by atoms with Gasteiger partial charge in [-0.15, -0.1) is 0 Å². The molecule has 2 heterocycles. The van der Waals surface area contributed by atoms with Crippen molar-refractivity contribution in [3.8, 4) is 5.75 Å². The zero-order valence-corrected chi connectivity index (χ0v) is 17.1. The van der Waals surface area contributed by atoms with E-state index >= 15 is 0 Å². The molecule has 3 rings (SSSR count). The number of nitrogens with zero attached hydrogens (tertiary/aromatic N) is 3. The number of aromatic nitrogens is 1. The van der Waals surface area contributed by atoms with Crippen molar-refractivity contribution in [2.45, 2.75) is 12.5 Å². The van der Waals surface area contributed by atoms with E-state index in [1.807, 2.05) is 19.0 Å². The van der Waals surface area contributed by atoms with Crippen LogP contribution in [0, 0.1) is 5.82 Å². The maximum atomic E-state index is 14.2. The van der Waals surface area contributed by atoms with Gasteiger partial charge in [0.15, 0.2) is 11.6 Å². The molecular formula is C22H24FN3O4. The van der Waals surface area contributed by atoms with Crippen molar-refractivity contribution in [1.82, 2.24) is 14.8 Å². The van der Waals surface area contributed by atoms with Crippen LogP contribution in [0.2, 0.25) is 0 Å². The quantitative estimate of drug-likeness (QED) is 0.427. The average Bonchev–Trinajstić information content (AvgIpc) is 2.98. The molecule has 1 aliphatic heterocycles. The summed E-state index contributed by atoms with van der Waals surface area (Å²) in [6, 6.07) is 8.18. The summed E-state index contributed by atoms with van der Waals surface area (Å²) in [5, 5.41) is 10.9. The second kappa shape index (κ2) is 9.04. The molecule has 0 saturated carbocycles. The molecule has 1 N–H and O–H groups in total. The normalized spacial score (nSPS) is 18.3. The van der Waals surface area contributed by atoms with Crippen molar-refractivity contribution in [1.29, 1.82) is 0 Å². The van der Waals surface area contributed by atoms with E-state index in [-0.39, 0.29) is 16.9 Å². The number of carbonyl (C=O) groups excluding carboxylic acids is 2. The van der Waals surface area contributed by atoms with Crippen molar-refractivity contribution < 1.29 is 23.8 Å². The monoisotopic (exact) mass is 413 g/mol. The first kappa shape index (κ1) is 21.4. The highest BCUT2D eigenvalue weighted by molar-refractivity contribution is 6.46. The van der Waals surface area contributed by atoms with Gasteiger partial charge in [-0.25, -0.2) is 4.39 Å². The number of rotatable bonds is 7. The number of carbonyl (C=O) groups is 2. The molecule has 7 nitrogen and oxygen atoms in total. The topological polar surface area (TPSA) is 83.0 Å². The zero-order chi connectivity index (χ0) is 21.8. The summed E-state index contributed by atoms with van der Waals surface area (Å²) in [5.41, 5.74) is 0.436. The average molecular weight is 413 g/mol. The van der Waals surface area contributed by atoms with Crippen LogP contribution in [0.1, 0.15) is 23.7 Å². The first-order valence-corrected chi connectivity index (χ1v) is 9.53. The van der Waals surface area contributed by atoms with Gasteiger partial charge < -0.3 is 19.6 Å². The van der Waals surface area contributed by atoms with Gasteiger partial charge in [0.05, 0.1) is 18.4 Å². The smallest absolute Gasteiger partial charge is 0.295 e. The van der Waals surface area contributed by atoms with Crippen molar-refractivity contribution in [2.75, 3.05) is 34.3 Å². The number of ether oxygens (including phenoxy) is 1. The molecule has 1 saturated heterocycles. The van der Waals surface area contributed by atoms with Crippen molar-refractivity contribution in [3.63, 3.8) is 0 Å². The van der Waals surface area contributed by atoms with Crippen LogP contribution in [0.15, 0.2) is 48.2 Å². The Morgan fingerprint density at radius 3 is 2.63 bits per heavy atom. The van der Waals surface area contributed by atoms with E-state index in [0.29, 0.717) is 18.7 Å². The Morgan fingerprint density at radius 1 is 1.27 bits per heavy atom. The zero-order valence-electron chi connectivity index (χ0n) is 17.1. The number of benzene rings is 1. The second-order valence-corrected chi connectivity index (χ2v) is 7.25. The molecule has 1 amide bonds. The van der Waals surface area contributed by atoms with Crippen LogP contribution in [0.5, 0.6) is 5.75 Å². The third-order valence-electron chi connectivity index (χ3n) is 4.94. The number of aliphatic hydroxyl groups excluding tert-OH is 1. The molecule has 1 atom stereocenters. The highest BCUT2D eigenvalue weighted by Gasteiger charge is 2.46. The Labute approximate surface area is 174 Å². The molecule has 0 aliphatic carbocycles. The fourth-order valence-corrected chi connectivity index (χ4v) is 3.48. The molecule has 0 spiro atoms. The number of amides is 1. The summed E-state index contributed by atoms with van der Waals surface area (Å²) in [7, 11) is 5.17. The molecule has 8 heteroatoms. The van der Waals surface area contributed by atoms with Crippen LogP contribution in [-0.4, -0.2) is 65.9 Å². The highest BCUT2D eigenvalue weighted by atomic mass is 19.1. The molecule has 1 aromatic carbocycles. The van der Waals surface area contributed by atoms with E-state index in [9.17, 15) is 19.1 Å². The number of hydrogen-bond donors (Lipinski definition) is 1. The van der Waals surface area contributed by atoms with Crippen LogP contribution in [0.3, 0.4) is 0 Å². The van der Waals surface area contributed by atoms with Gasteiger partial charge in [-0.1, -0.05) is 6.07 Å². The second-order valence-electron chi connectivity index (χ2n) is 7.25. The standard InChI is InChI=1S/C22H24FN3O4/c1-25(2)11-6-12-26-19(16-7-4-5-10-24-16)18(21(28)22(26)29)20(27)14-8-9-17(30-3)15(23)13-14/h4-5,7-10,13,19,27H,6,11-12H2,1-3H3/t19-/m1/s1. The van der Waals surface area contributed by atoms with Crippen molar-refractivity contribution in [2.24, 2.45) is 0 Å². The molecule has 1 aliphatic rings. The van der Waals surface area contributed by atoms with Gasteiger partial charge in [0.25, 0.3) is 11.7 Å². The highest BCUT2D eigenvalue weighted by Crippen LogP contribution is 2.39. The van der Waals surface area contributed by atoms with Gasteiger partial charge in [-0.05, 0) is 57.4 Å². The van der Waals surface area contributed by atoms with Gasteiger partial charge in [0, 0.05) is 18.3 Å². The molecule has 0 bridgehead atoms. The SMILES string of the molecule is COc1ccc(C(O)=C2C(=O)C(=O)N(CCCN(C)C)[C@@H]2c2ccccn2)cc1F. The molecule has 158 valence electrons. The number of halogens is 1. The Bertz CT molecular complexity index is 976. The van der Waals surface area contributed by atoms with Crippen molar-refractivity contribution >= 4 is 17.4 Å². The number of likely N-dealkylation sites (tertiary alicyclic amines) is 1. The van der Waals surface area contributed by atoms with E-state index in [4.69, 9.17) is 4.74 Å². The summed E-state index contributed by atoms with van der Waals surface area (Å²) >= 11 is 0. The maximum Gasteiger partial charge on any atom is 0.295 e. The lowest BCUT2D eigenvalue weighted by atomic mass is 9.98. The van der Waals surface area contributed by atoms with Gasteiger partial charge in [0.1, 0.15) is 11.8 Å². The van der Waals surface area contributed by atoms with Crippen LogP contribution in [-0.2, 0) is 9.59 Å². The molecule has 2 aromatic rings. The van der Waals surface area contributed by atoms with E-state index in [1.165, 1.54) is 24.1 Å². The molecule has 1 aromatic heterocycles. The lowest BCUT2D eigenvalue weighted by Gasteiger charge is -2.25. The van der Waals surface area contributed by atoms with E-state index < -0.39 is 29.3 Å². The fraction of sp³-hybridized carbons (Fsp3) is 0.318. The third kappa shape index (κ3) is 4.18. The summed E-state index contributed by atoms with van der Waals surface area (Å²) in [6.07, 6.45) is 2.20. The third-order valence-corrected chi connectivity index (χ3v) is 4.94. The first-order valence-electron chi connectivity index (χ1n) is 9.53. The Hall–Kier alpha value is -3.26. The van der Waals surface area contributed by atoms with Gasteiger partial charge in [-0.2, -0.15) is 0 Å². The molecule has 30 heavy (non-hydrogen) atoms. The lowest BCUT2D eigenvalue weighted by molar-refractivity contribution is -0.140. The molecule has 0 unspecified atom stereocenters. The Kier molecular flexibility index (Phi) is 6.47. The first-order chi connectivity index (χ1) is 14.3. The number of aliphatic hydroxyl groups is 1. The largest absolute Gasteiger partial charge is 0.507 e.